The maximum Gasteiger partial charge on any atom is 0.215 e. The van der Waals surface area contributed by atoms with Gasteiger partial charge in [0.25, 0.3) is 0 Å². The van der Waals surface area contributed by atoms with E-state index in [0.29, 0.717) is 10.7 Å². The number of carbonyl (C=O) groups is 1. The number of nitrogens with zero attached hydrogens (tertiary/aromatic N) is 4. The van der Waals surface area contributed by atoms with Crippen LogP contribution in [0, 0.1) is 6.92 Å². The molecule has 0 aliphatic heterocycles. The third-order valence-corrected chi connectivity index (χ3v) is 5.53. The lowest BCUT2D eigenvalue weighted by atomic mass is 10.0. The molecule has 4 aromatic rings. The number of aromatic nitrogens is 4. The number of thioether (sulfide) groups is 1. The fourth-order valence-corrected chi connectivity index (χ4v) is 3.93. The summed E-state index contributed by atoms with van der Waals surface area (Å²) in [5, 5.41) is 12.2. The van der Waals surface area contributed by atoms with Crippen molar-refractivity contribution in [3.05, 3.63) is 102 Å². The number of carbonyl (C=O) groups excluding carboxylic acids is 1. The Morgan fingerprint density at radius 3 is 2.21 bits per heavy atom. The van der Waals surface area contributed by atoms with Crippen molar-refractivity contribution in [3.63, 3.8) is 0 Å². The number of hydrogen-bond donors (Lipinski definition) is 0. The van der Waals surface area contributed by atoms with Crippen molar-refractivity contribution in [2.75, 3.05) is 0 Å². The zero-order valence-corrected chi connectivity index (χ0v) is 16.1. The molecule has 138 valence electrons. The third kappa shape index (κ3) is 3.87. The zero-order chi connectivity index (χ0) is 19.3. The highest BCUT2D eigenvalue weighted by Crippen LogP contribution is 2.37. The van der Waals surface area contributed by atoms with Crippen molar-refractivity contribution in [3.8, 4) is 5.69 Å². The van der Waals surface area contributed by atoms with Gasteiger partial charge < -0.3 is 0 Å². The molecule has 0 aliphatic rings. The number of ketones is 1. The van der Waals surface area contributed by atoms with Crippen molar-refractivity contribution in [1.82, 2.24) is 20.2 Å². The zero-order valence-electron chi connectivity index (χ0n) is 15.3. The van der Waals surface area contributed by atoms with Crippen LogP contribution >= 0.6 is 11.8 Å². The molecule has 0 N–H and O–H groups in total. The Kier molecular flexibility index (Phi) is 5.30. The standard InChI is InChI=1S/C22H18N4OS/c1-16-12-14-19(15-13-16)26-22(23-24-25-26)28-21(18-10-6-3-7-11-18)20(27)17-8-4-2-5-9-17/h2-15,21H,1H3/t21-/m1/s1. The molecule has 3 aromatic carbocycles. The summed E-state index contributed by atoms with van der Waals surface area (Å²) in [6.07, 6.45) is 0. The SMILES string of the molecule is Cc1ccc(-n2nnnc2S[C@@H](C(=O)c2ccccc2)c2ccccc2)cc1. The molecule has 6 heteroatoms. The number of tetrazole rings is 1. The van der Waals surface area contributed by atoms with E-state index in [0.717, 1.165) is 16.8 Å². The second-order valence-electron chi connectivity index (χ2n) is 6.35. The van der Waals surface area contributed by atoms with Gasteiger partial charge in [-0.2, -0.15) is 4.68 Å². The summed E-state index contributed by atoms with van der Waals surface area (Å²) in [6.45, 7) is 2.03. The van der Waals surface area contributed by atoms with Gasteiger partial charge in [-0.25, -0.2) is 0 Å². The van der Waals surface area contributed by atoms with Gasteiger partial charge in [-0.05, 0) is 35.0 Å². The number of benzene rings is 3. The first kappa shape index (κ1) is 18.1. The summed E-state index contributed by atoms with van der Waals surface area (Å²) in [6, 6.07) is 27.0. The van der Waals surface area contributed by atoms with Crippen LogP contribution in [0.3, 0.4) is 0 Å². The van der Waals surface area contributed by atoms with Crippen LogP contribution in [0.1, 0.15) is 26.7 Å². The van der Waals surface area contributed by atoms with E-state index in [1.165, 1.54) is 11.8 Å². The highest BCUT2D eigenvalue weighted by Gasteiger charge is 2.26. The number of hydrogen-bond acceptors (Lipinski definition) is 5. The Bertz CT molecular complexity index is 1060. The van der Waals surface area contributed by atoms with Gasteiger partial charge in [0.15, 0.2) is 5.78 Å². The molecule has 0 radical (unpaired) electrons. The summed E-state index contributed by atoms with van der Waals surface area (Å²) < 4.78 is 1.66. The fraction of sp³-hybridized carbons (Fsp3) is 0.0909. The van der Waals surface area contributed by atoms with Crippen molar-refractivity contribution in [1.29, 1.82) is 0 Å². The maximum atomic E-state index is 13.3. The van der Waals surface area contributed by atoms with Gasteiger partial charge in [-0.3, -0.25) is 4.79 Å². The van der Waals surface area contributed by atoms with Crippen LogP contribution in [-0.4, -0.2) is 26.0 Å². The molecule has 4 rings (SSSR count). The Hall–Kier alpha value is -3.25. The molecule has 1 aromatic heterocycles. The van der Waals surface area contributed by atoms with Crippen LogP contribution in [-0.2, 0) is 0 Å². The van der Waals surface area contributed by atoms with Gasteiger partial charge in [-0.1, -0.05) is 90.1 Å². The monoisotopic (exact) mass is 386 g/mol. The Labute approximate surface area is 167 Å². The average molecular weight is 386 g/mol. The molecule has 5 nitrogen and oxygen atoms in total. The van der Waals surface area contributed by atoms with E-state index in [-0.39, 0.29) is 5.78 Å². The van der Waals surface area contributed by atoms with E-state index in [1.54, 1.807) is 4.68 Å². The molecule has 0 saturated carbocycles. The Balaban J connectivity index is 1.71. The van der Waals surface area contributed by atoms with Gasteiger partial charge in [0.05, 0.1) is 5.69 Å². The molecule has 0 saturated heterocycles. The predicted octanol–water partition coefficient (Wildman–Crippen LogP) is 4.69. The normalized spacial score (nSPS) is 11.9. The van der Waals surface area contributed by atoms with Gasteiger partial charge in [0.1, 0.15) is 5.25 Å². The lowest BCUT2D eigenvalue weighted by Crippen LogP contribution is -2.11. The summed E-state index contributed by atoms with van der Waals surface area (Å²) in [5.41, 5.74) is 3.60. The fourth-order valence-electron chi connectivity index (χ4n) is 2.86. The molecule has 28 heavy (non-hydrogen) atoms. The van der Waals surface area contributed by atoms with Gasteiger partial charge >= 0.3 is 0 Å². The molecule has 0 unspecified atom stereocenters. The first-order valence-corrected chi connectivity index (χ1v) is 9.76. The quantitative estimate of drug-likeness (QED) is 0.355. The van der Waals surface area contributed by atoms with E-state index >= 15 is 0 Å². The topological polar surface area (TPSA) is 60.7 Å². The van der Waals surface area contributed by atoms with Crippen LogP contribution in [0.5, 0.6) is 0 Å². The smallest absolute Gasteiger partial charge is 0.215 e. The lowest BCUT2D eigenvalue weighted by Gasteiger charge is -2.15. The van der Waals surface area contributed by atoms with E-state index in [2.05, 4.69) is 15.5 Å². The second-order valence-corrected chi connectivity index (χ2v) is 7.42. The highest BCUT2D eigenvalue weighted by molar-refractivity contribution is 8.00. The summed E-state index contributed by atoms with van der Waals surface area (Å²) >= 11 is 1.35. The van der Waals surface area contributed by atoms with Crippen molar-refractivity contribution >= 4 is 17.5 Å². The minimum absolute atomic E-state index is 0.0234. The largest absolute Gasteiger partial charge is 0.293 e. The maximum absolute atomic E-state index is 13.3. The first-order chi connectivity index (χ1) is 13.7. The average Bonchev–Trinajstić information content (AvgIpc) is 3.21. The number of rotatable bonds is 6. The van der Waals surface area contributed by atoms with Crippen LogP contribution in [0.4, 0.5) is 0 Å². The highest BCUT2D eigenvalue weighted by atomic mass is 32.2. The summed E-state index contributed by atoms with van der Waals surface area (Å²) in [7, 11) is 0. The minimum Gasteiger partial charge on any atom is -0.293 e. The predicted molar refractivity (Wildman–Crippen MR) is 110 cm³/mol. The molecule has 1 atom stereocenters. The molecule has 0 amide bonds. The molecule has 0 bridgehead atoms. The Morgan fingerprint density at radius 2 is 1.54 bits per heavy atom. The summed E-state index contributed by atoms with van der Waals surface area (Å²) in [4.78, 5) is 13.3. The first-order valence-electron chi connectivity index (χ1n) is 8.88. The number of Topliss-reactive ketones (excluding diaryl/α,β-unsaturated/α-hetero) is 1. The van der Waals surface area contributed by atoms with Crippen LogP contribution in [0.25, 0.3) is 5.69 Å². The minimum atomic E-state index is -0.446. The molecule has 0 spiro atoms. The van der Waals surface area contributed by atoms with Crippen molar-refractivity contribution < 1.29 is 4.79 Å². The Morgan fingerprint density at radius 1 is 0.893 bits per heavy atom. The van der Waals surface area contributed by atoms with Crippen molar-refractivity contribution in [2.24, 2.45) is 0 Å². The van der Waals surface area contributed by atoms with E-state index in [1.807, 2.05) is 91.9 Å². The van der Waals surface area contributed by atoms with Gasteiger partial charge in [0.2, 0.25) is 5.16 Å². The molecule has 1 heterocycles. The van der Waals surface area contributed by atoms with Crippen LogP contribution < -0.4 is 0 Å². The van der Waals surface area contributed by atoms with E-state index < -0.39 is 5.25 Å². The number of aryl methyl sites for hydroxylation is 1. The van der Waals surface area contributed by atoms with Crippen molar-refractivity contribution in [2.45, 2.75) is 17.3 Å². The molecular formula is C22H18N4OS. The van der Waals surface area contributed by atoms with Crippen LogP contribution in [0.2, 0.25) is 0 Å². The van der Waals surface area contributed by atoms with Gasteiger partial charge in [-0.15, -0.1) is 5.10 Å². The molecule has 0 aliphatic carbocycles. The summed E-state index contributed by atoms with van der Waals surface area (Å²) in [5.74, 6) is 0.0234. The van der Waals surface area contributed by atoms with E-state index in [9.17, 15) is 4.79 Å². The van der Waals surface area contributed by atoms with E-state index in [4.69, 9.17) is 0 Å². The molecule has 0 fully saturated rings. The third-order valence-electron chi connectivity index (χ3n) is 4.34. The van der Waals surface area contributed by atoms with Gasteiger partial charge in [0, 0.05) is 5.56 Å². The lowest BCUT2D eigenvalue weighted by molar-refractivity contribution is 0.0989. The molecular weight excluding hydrogens is 368 g/mol. The second kappa shape index (κ2) is 8.19. The van der Waals surface area contributed by atoms with Crippen LogP contribution in [0.15, 0.2) is 90.1 Å².